The number of nitrogens with one attached hydrogen (secondary N) is 1. The van der Waals surface area contributed by atoms with Gasteiger partial charge in [-0.3, -0.25) is 4.79 Å². The van der Waals surface area contributed by atoms with Crippen molar-refractivity contribution in [2.45, 2.75) is 211 Å². The lowest BCUT2D eigenvalue weighted by atomic mass is 9.99. The molecular formula is C38H73NO8. The minimum atomic E-state index is -1.56. The minimum absolute atomic E-state index is 0.179. The molecule has 0 spiro atoms. The summed E-state index contributed by atoms with van der Waals surface area (Å²) in [5.41, 5.74) is 0. The normalized spacial score (nSPS) is 22.9. The molecule has 1 aliphatic heterocycles. The summed E-state index contributed by atoms with van der Waals surface area (Å²) in [5, 5.41) is 53.8. The molecule has 9 heteroatoms. The predicted octanol–water partition coefficient (Wildman–Crippen LogP) is 6.61. The number of hydrogen-bond acceptors (Lipinski definition) is 8. The van der Waals surface area contributed by atoms with Crippen LogP contribution in [0.4, 0.5) is 0 Å². The summed E-state index contributed by atoms with van der Waals surface area (Å²) in [6.45, 7) is 3.72. The van der Waals surface area contributed by atoms with Crippen molar-refractivity contribution in [3.8, 4) is 0 Å². The highest BCUT2D eigenvalue weighted by Crippen LogP contribution is 2.22. The monoisotopic (exact) mass is 672 g/mol. The van der Waals surface area contributed by atoms with Crippen LogP contribution >= 0.6 is 0 Å². The molecule has 1 aliphatic rings. The highest BCUT2D eigenvalue weighted by atomic mass is 16.7. The molecule has 1 heterocycles. The summed E-state index contributed by atoms with van der Waals surface area (Å²) in [4.78, 5) is 12.8. The first-order valence-electron chi connectivity index (χ1n) is 19.4. The Balaban J connectivity index is 2.41. The summed E-state index contributed by atoms with van der Waals surface area (Å²) in [6, 6.07) is -0.795. The topological polar surface area (TPSA) is 149 Å². The average Bonchev–Trinajstić information content (AvgIpc) is 3.07. The molecule has 1 fully saturated rings. The first-order chi connectivity index (χ1) is 22.8. The van der Waals surface area contributed by atoms with Crippen LogP contribution in [0.5, 0.6) is 0 Å². The Morgan fingerprint density at radius 1 is 0.702 bits per heavy atom. The number of rotatable bonds is 31. The van der Waals surface area contributed by atoms with E-state index in [-0.39, 0.29) is 12.5 Å². The van der Waals surface area contributed by atoms with Crippen LogP contribution in [0.15, 0.2) is 12.2 Å². The molecule has 0 radical (unpaired) electrons. The molecule has 0 aromatic heterocycles. The van der Waals surface area contributed by atoms with Gasteiger partial charge in [0.05, 0.1) is 25.4 Å². The van der Waals surface area contributed by atoms with E-state index < -0.39 is 49.5 Å². The zero-order valence-electron chi connectivity index (χ0n) is 30.0. The molecule has 6 N–H and O–H groups in total. The number of allylic oxidation sites excluding steroid dienone is 1. The maximum atomic E-state index is 12.8. The second-order valence-electron chi connectivity index (χ2n) is 13.7. The number of hydrogen-bond donors (Lipinski definition) is 6. The minimum Gasteiger partial charge on any atom is -0.394 e. The lowest BCUT2D eigenvalue weighted by molar-refractivity contribution is -0.302. The van der Waals surface area contributed by atoms with E-state index in [0.29, 0.717) is 6.42 Å². The van der Waals surface area contributed by atoms with E-state index in [9.17, 15) is 30.3 Å². The van der Waals surface area contributed by atoms with E-state index in [1.165, 1.54) is 109 Å². The van der Waals surface area contributed by atoms with Crippen LogP contribution < -0.4 is 5.32 Å². The van der Waals surface area contributed by atoms with E-state index in [4.69, 9.17) is 9.47 Å². The van der Waals surface area contributed by atoms with Crippen molar-refractivity contribution in [3.05, 3.63) is 12.2 Å². The maximum absolute atomic E-state index is 12.8. The van der Waals surface area contributed by atoms with Crippen molar-refractivity contribution in [2.75, 3.05) is 13.2 Å². The molecule has 1 rings (SSSR count). The van der Waals surface area contributed by atoms with E-state index in [1.807, 2.05) is 6.08 Å². The fraction of sp³-hybridized carbons (Fsp3) is 0.921. The van der Waals surface area contributed by atoms with Crippen molar-refractivity contribution in [2.24, 2.45) is 0 Å². The third-order valence-electron chi connectivity index (χ3n) is 9.36. The van der Waals surface area contributed by atoms with Crippen molar-refractivity contribution < 1.29 is 39.8 Å². The summed E-state index contributed by atoms with van der Waals surface area (Å²) < 4.78 is 11.1. The Morgan fingerprint density at radius 3 is 1.66 bits per heavy atom. The molecular weight excluding hydrogens is 598 g/mol. The quantitative estimate of drug-likeness (QED) is 0.0357. The highest BCUT2D eigenvalue weighted by molar-refractivity contribution is 5.76. The van der Waals surface area contributed by atoms with Crippen molar-refractivity contribution in [1.82, 2.24) is 5.32 Å². The summed E-state index contributed by atoms with van der Waals surface area (Å²) in [7, 11) is 0. The maximum Gasteiger partial charge on any atom is 0.220 e. The Labute approximate surface area is 286 Å². The lowest BCUT2D eigenvalue weighted by Gasteiger charge is -2.40. The number of carbonyl (C=O) groups is 1. The van der Waals surface area contributed by atoms with Crippen LogP contribution in [0.2, 0.25) is 0 Å². The predicted molar refractivity (Wildman–Crippen MR) is 189 cm³/mol. The summed E-state index contributed by atoms with van der Waals surface area (Å²) >= 11 is 0. The standard InChI is InChI=1S/C38H73NO8/c1-3-5-7-9-11-13-14-15-16-17-18-20-22-24-26-28-34(42)39-31(32(41)27-25-23-21-19-12-10-8-6-4-2)30-46-38-37(45)36(44)35(43)33(29-40)47-38/h25,27,31-33,35-38,40-41,43-45H,3-24,26,28-30H2,1-2H3,(H,39,42)/b27-25+. The number of aliphatic hydroxyl groups is 5. The Hall–Kier alpha value is -1.07. The second kappa shape index (κ2) is 29.8. The fourth-order valence-electron chi connectivity index (χ4n) is 6.15. The number of aliphatic hydroxyl groups excluding tert-OH is 5. The molecule has 9 nitrogen and oxygen atoms in total. The van der Waals surface area contributed by atoms with Gasteiger partial charge in [-0.05, 0) is 19.3 Å². The van der Waals surface area contributed by atoms with E-state index in [2.05, 4.69) is 19.2 Å². The molecule has 1 saturated heterocycles. The summed E-state index contributed by atoms with van der Waals surface area (Å²) in [6.07, 6.45) is 24.0. The first kappa shape index (κ1) is 44.0. The molecule has 1 amide bonds. The van der Waals surface area contributed by atoms with Crippen molar-refractivity contribution >= 4 is 5.91 Å². The van der Waals surface area contributed by atoms with Crippen LogP contribution in [0.3, 0.4) is 0 Å². The molecule has 7 atom stereocenters. The van der Waals surface area contributed by atoms with Crippen LogP contribution in [0.25, 0.3) is 0 Å². The molecule has 278 valence electrons. The van der Waals surface area contributed by atoms with Crippen molar-refractivity contribution in [1.29, 1.82) is 0 Å². The van der Waals surface area contributed by atoms with Crippen LogP contribution in [0.1, 0.15) is 168 Å². The van der Waals surface area contributed by atoms with E-state index >= 15 is 0 Å². The third kappa shape index (κ3) is 21.6. The molecule has 7 unspecified atom stereocenters. The Morgan fingerprint density at radius 2 is 1.17 bits per heavy atom. The first-order valence-corrected chi connectivity index (χ1v) is 19.4. The number of ether oxygens (including phenoxy) is 2. The molecule has 47 heavy (non-hydrogen) atoms. The smallest absolute Gasteiger partial charge is 0.220 e. The molecule has 0 saturated carbocycles. The zero-order valence-corrected chi connectivity index (χ0v) is 30.0. The van der Waals surface area contributed by atoms with Crippen LogP contribution in [0, 0.1) is 0 Å². The fourth-order valence-corrected chi connectivity index (χ4v) is 6.15. The molecule has 0 aromatic rings. The van der Waals surface area contributed by atoms with Gasteiger partial charge in [0.1, 0.15) is 24.4 Å². The molecule has 0 aromatic carbocycles. The Bertz CT molecular complexity index is 751. The number of unbranched alkanes of at least 4 members (excludes halogenated alkanes) is 21. The average molecular weight is 672 g/mol. The van der Waals surface area contributed by atoms with Crippen LogP contribution in [-0.2, 0) is 14.3 Å². The van der Waals surface area contributed by atoms with Crippen molar-refractivity contribution in [3.63, 3.8) is 0 Å². The lowest BCUT2D eigenvalue weighted by Crippen LogP contribution is -2.60. The second-order valence-corrected chi connectivity index (χ2v) is 13.7. The highest BCUT2D eigenvalue weighted by Gasteiger charge is 2.44. The van der Waals surface area contributed by atoms with Gasteiger partial charge >= 0.3 is 0 Å². The summed E-state index contributed by atoms with van der Waals surface area (Å²) in [5.74, 6) is -0.179. The van der Waals surface area contributed by atoms with Gasteiger partial charge in [-0.25, -0.2) is 0 Å². The Kier molecular flexibility index (Phi) is 27.9. The van der Waals surface area contributed by atoms with E-state index in [1.54, 1.807) is 6.08 Å². The van der Waals surface area contributed by atoms with Gasteiger partial charge in [0, 0.05) is 6.42 Å². The number of amides is 1. The van der Waals surface area contributed by atoms with Gasteiger partial charge in [0.25, 0.3) is 0 Å². The van der Waals surface area contributed by atoms with Gasteiger partial charge in [-0.2, -0.15) is 0 Å². The largest absolute Gasteiger partial charge is 0.394 e. The van der Waals surface area contributed by atoms with Gasteiger partial charge in [0.15, 0.2) is 6.29 Å². The van der Waals surface area contributed by atoms with Gasteiger partial charge in [0.2, 0.25) is 5.91 Å². The molecule has 0 bridgehead atoms. The third-order valence-corrected chi connectivity index (χ3v) is 9.36. The van der Waals surface area contributed by atoms with Crippen LogP contribution in [-0.4, -0.2) is 87.5 Å². The van der Waals surface area contributed by atoms with Gasteiger partial charge in [-0.1, -0.05) is 154 Å². The van der Waals surface area contributed by atoms with Gasteiger partial charge in [-0.15, -0.1) is 0 Å². The van der Waals surface area contributed by atoms with E-state index in [0.717, 1.165) is 38.5 Å². The zero-order chi connectivity index (χ0) is 34.5. The number of carbonyl (C=O) groups excluding carboxylic acids is 1. The molecule has 0 aliphatic carbocycles. The van der Waals surface area contributed by atoms with Gasteiger partial charge < -0.3 is 40.3 Å². The SMILES string of the molecule is CCCCCCCCC/C=C/C(O)C(COC1OC(CO)C(O)C(O)C1O)NC(=O)CCCCCCCCCCCCCCCCC.